The highest BCUT2D eigenvalue weighted by Gasteiger charge is 2.16. The molecule has 2 aromatic rings. The minimum absolute atomic E-state index is 0.0339. The van der Waals surface area contributed by atoms with Crippen molar-refractivity contribution < 1.29 is 9.53 Å². The first-order valence-corrected chi connectivity index (χ1v) is 10.8. The second kappa shape index (κ2) is 11.2. The van der Waals surface area contributed by atoms with Crippen LogP contribution in [0.1, 0.15) is 24.5 Å². The van der Waals surface area contributed by atoms with Gasteiger partial charge in [0.25, 0.3) is 5.91 Å². The predicted molar refractivity (Wildman–Crippen MR) is 126 cm³/mol. The summed E-state index contributed by atoms with van der Waals surface area (Å²) in [5.74, 6) is 1.53. The van der Waals surface area contributed by atoms with Crippen LogP contribution in [0.5, 0.6) is 5.75 Å². The maximum Gasteiger partial charge on any atom is 0.259 e. The number of rotatable bonds is 7. The fourth-order valence-electron chi connectivity index (χ4n) is 3.38. The largest absolute Gasteiger partial charge is 0.484 e. The van der Waals surface area contributed by atoms with Crippen LogP contribution >= 0.6 is 0 Å². The molecular formula is C25H32N4O2. The highest BCUT2D eigenvalue weighted by atomic mass is 16.5. The Hall–Kier alpha value is -3.28. The van der Waals surface area contributed by atoms with E-state index in [9.17, 15) is 4.79 Å². The molecule has 0 aromatic heterocycles. The third-order valence-corrected chi connectivity index (χ3v) is 5.16. The molecule has 0 atom stereocenters. The number of likely N-dealkylation sites (N-methyl/N-ethyl adjacent to an activating group) is 1. The Balaban J connectivity index is 1.63. The van der Waals surface area contributed by atoms with Crippen LogP contribution in [0.25, 0.3) is 5.57 Å². The standard InChI is InChI=1S/C25H32N4O2/c1-4-26-25(29-15-13-22(14-16-29)21-10-6-5-7-11-21)27-18-20-9-8-12-23(17-20)31-19-24(30)28(2)3/h5-13,17H,4,14-16,18-19H2,1-3H3,(H,26,27). The van der Waals surface area contributed by atoms with Gasteiger partial charge in [-0.15, -0.1) is 0 Å². The molecule has 0 saturated carbocycles. The van der Waals surface area contributed by atoms with Gasteiger partial charge in [0.15, 0.2) is 12.6 Å². The van der Waals surface area contributed by atoms with Crippen molar-refractivity contribution in [3.63, 3.8) is 0 Å². The van der Waals surface area contributed by atoms with E-state index in [1.54, 1.807) is 14.1 Å². The first-order chi connectivity index (χ1) is 15.1. The van der Waals surface area contributed by atoms with E-state index in [0.717, 1.165) is 37.6 Å². The van der Waals surface area contributed by atoms with Crippen LogP contribution < -0.4 is 10.1 Å². The van der Waals surface area contributed by atoms with Gasteiger partial charge in [-0.1, -0.05) is 48.5 Å². The molecule has 2 aromatic carbocycles. The number of ether oxygens (including phenoxy) is 1. The van der Waals surface area contributed by atoms with Crippen LogP contribution in [-0.2, 0) is 11.3 Å². The van der Waals surface area contributed by atoms with Crippen molar-refractivity contribution in [1.82, 2.24) is 15.1 Å². The van der Waals surface area contributed by atoms with E-state index in [-0.39, 0.29) is 12.5 Å². The van der Waals surface area contributed by atoms with Gasteiger partial charge in [0.1, 0.15) is 5.75 Å². The molecule has 0 bridgehead atoms. The van der Waals surface area contributed by atoms with E-state index in [0.29, 0.717) is 12.3 Å². The summed E-state index contributed by atoms with van der Waals surface area (Å²) < 4.78 is 5.62. The van der Waals surface area contributed by atoms with Crippen molar-refractivity contribution in [3.05, 3.63) is 71.8 Å². The molecule has 0 spiro atoms. The van der Waals surface area contributed by atoms with Gasteiger partial charge in [-0.3, -0.25) is 4.79 Å². The lowest BCUT2D eigenvalue weighted by molar-refractivity contribution is -0.130. The molecule has 0 aliphatic carbocycles. The van der Waals surface area contributed by atoms with E-state index in [4.69, 9.17) is 9.73 Å². The third kappa shape index (κ3) is 6.60. The predicted octanol–water partition coefficient (Wildman–Crippen LogP) is 3.41. The molecular weight excluding hydrogens is 388 g/mol. The van der Waals surface area contributed by atoms with Crippen LogP contribution in [0.4, 0.5) is 0 Å². The molecule has 0 fully saturated rings. The van der Waals surface area contributed by atoms with Crippen molar-refractivity contribution in [1.29, 1.82) is 0 Å². The summed E-state index contributed by atoms with van der Waals surface area (Å²) in [5, 5.41) is 3.41. The number of hydrogen-bond donors (Lipinski definition) is 1. The van der Waals surface area contributed by atoms with Crippen LogP contribution in [-0.4, -0.2) is 62.0 Å². The van der Waals surface area contributed by atoms with Crippen molar-refractivity contribution in [2.45, 2.75) is 19.9 Å². The summed E-state index contributed by atoms with van der Waals surface area (Å²) in [5.41, 5.74) is 3.74. The number of amides is 1. The zero-order valence-corrected chi connectivity index (χ0v) is 18.7. The normalized spacial score (nSPS) is 14.1. The summed E-state index contributed by atoms with van der Waals surface area (Å²) in [4.78, 5) is 20.4. The van der Waals surface area contributed by atoms with Gasteiger partial charge >= 0.3 is 0 Å². The summed E-state index contributed by atoms with van der Waals surface area (Å²) in [6.07, 6.45) is 3.29. The van der Waals surface area contributed by atoms with Crippen LogP contribution in [0.2, 0.25) is 0 Å². The average Bonchev–Trinajstić information content (AvgIpc) is 2.81. The summed E-state index contributed by atoms with van der Waals surface area (Å²) >= 11 is 0. The van der Waals surface area contributed by atoms with Gasteiger partial charge in [-0.05, 0) is 42.2 Å². The molecule has 1 N–H and O–H groups in total. The molecule has 6 nitrogen and oxygen atoms in total. The van der Waals surface area contributed by atoms with Gasteiger partial charge in [0, 0.05) is 33.7 Å². The van der Waals surface area contributed by atoms with E-state index in [2.05, 4.69) is 53.5 Å². The lowest BCUT2D eigenvalue weighted by Gasteiger charge is -2.30. The SMILES string of the molecule is CCNC(=NCc1cccc(OCC(=O)N(C)C)c1)N1CC=C(c2ccccc2)CC1. The van der Waals surface area contributed by atoms with Crippen molar-refractivity contribution in [3.8, 4) is 5.75 Å². The van der Waals surface area contributed by atoms with Crippen molar-refractivity contribution >= 4 is 17.4 Å². The van der Waals surface area contributed by atoms with Crippen LogP contribution in [0.15, 0.2) is 65.7 Å². The van der Waals surface area contributed by atoms with Crippen LogP contribution in [0.3, 0.4) is 0 Å². The van der Waals surface area contributed by atoms with Crippen molar-refractivity contribution in [2.75, 3.05) is 40.3 Å². The Bertz CT molecular complexity index is 922. The molecule has 6 heteroatoms. The van der Waals surface area contributed by atoms with Gasteiger partial charge in [-0.25, -0.2) is 4.99 Å². The highest BCUT2D eigenvalue weighted by molar-refractivity contribution is 5.81. The molecule has 0 radical (unpaired) electrons. The number of nitrogens with one attached hydrogen (secondary N) is 1. The smallest absolute Gasteiger partial charge is 0.259 e. The Labute approximate surface area is 185 Å². The zero-order chi connectivity index (χ0) is 22.1. The number of aliphatic imine (C=N–C) groups is 1. The maximum absolute atomic E-state index is 11.7. The molecule has 0 saturated heterocycles. The van der Waals surface area contributed by atoms with E-state index >= 15 is 0 Å². The Morgan fingerprint density at radius 2 is 1.97 bits per heavy atom. The summed E-state index contributed by atoms with van der Waals surface area (Å²) in [6.45, 7) is 5.26. The molecule has 3 rings (SSSR count). The number of carbonyl (C=O) groups excluding carboxylic acids is 1. The molecule has 0 unspecified atom stereocenters. The topological polar surface area (TPSA) is 57.2 Å². The van der Waals surface area contributed by atoms with Gasteiger partial charge in [0.05, 0.1) is 6.54 Å². The summed E-state index contributed by atoms with van der Waals surface area (Å²) in [6, 6.07) is 18.3. The second-order valence-corrected chi connectivity index (χ2v) is 7.69. The van der Waals surface area contributed by atoms with Gasteiger partial charge in [-0.2, -0.15) is 0 Å². The number of hydrogen-bond acceptors (Lipinski definition) is 3. The average molecular weight is 421 g/mol. The van der Waals surface area contributed by atoms with Gasteiger partial charge < -0.3 is 19.9 Å². The van der Waals surface area contributed by atoms with E-state index in [1.165, 1.54) is 16.0 Å². The maximum atomic E-state index is 11.7. The summed E-state index contributed by atoms with van der Waals surface area (Å²) in [7, 11) is 3.44. The second-order valence-electron chi connectivity index (χ2n) is 7.69. The Morgan fingerprint density at radius 1 is 1.16 bits per heavy atom. The number of guanidine groups is 1. The Morgan fingerprint density at radius 3 is 2.65 bits per heavy atom. The molecule has 1 amide bonds. The fraction of sp³-hybridized carbons (Fsp3) is 0.360. The first-order valence-electron chi connectivity index (χ1n) is 10.8. The number of nitrogens with zero attached hydrogens (tertiary/aromatic N) is 3. The minimum atomic E-state index is -0.0640. The quantitative estimate of drug-likeness (QED) is 0.551. The zero-order valence-electron chi connectivity index (χ0n) is 18.7. The van der Waals surface area contributed by atoms with Crippen LogP contribution in [0, 0.1) is 0 Å². The van der Waals surface area contributed by atoms with Gasteiger partial charge in [0.2, 0.25) is 0 Å². The molecule has 1 heterocycles. The molecule has 1 aliphatic rings. The highest BCUT2D eigenvalue weighted by Crippen LogP contribution is 2.22. The monoisotopic (exact) mass is 420 g/mol. The van der Waals surface area contributed by atoms with Crippen molar-refractivity contribution in [2.24, 2.45) is 4.99 Å². The molecule has 1 aliphatic heterocycles. The lowest BCUT2D eigenvalue weighted by atomic mass is 10.00. The third-order valence-electron chi connectivity index (χ3n) is 5.16. The first kappa shape index (κ1) is 22.4. The minimum Gasteiger partial charge on any atom is -0.484 e. The molecule has 31 heavy (non-hydrogen) atoms. The number of carbonyl (C=O) groups is 1. The molecule has 164 valence electrons. The fourth-order valence-corrected chi connectivity index (χ4v) is 3.38. The van der Waals surface area contributed by atoms with E-state index in [1.807, 2.05) is 24.3 Å². The lowest BCUT2D eigenvalue weighted by Crippen LogP contribution is -2.43. The Kier molecular flexibility index (Phi) is 8.10. The van der Waals surface area contributed by atoms with E-state index < -0.39 is 0 Å². The number of benzene rings is 2.